The van der Waals surface area contributed by atoms with Crippen molar-refractivity contribution in [3.8, 4) is 5.69 Å². The standard InChI is InChI=1S/C18H18N4O2S/c1-13(23)21-25(24,16-5-2-6-16)17-7-8-18-14(10-17)12-22(20-18)15-4-3-9-19-11-15/h3-4,7-12,16H,2,5-6H2,1H3. The molecule has 4 rings (SSSR count). The zero-order valence-electron chi connectivity index (χ0n) is 13.8. The van der Waals surface area contributed by atoms with Crippen LogP contribution in [0.15, 0.2) is 58.2 Å². The molecule has 0 saturated heterocycles. The van der Waals surface area contributed by atoms with Crippen LogP contribution in [0.2, 0.25) is 0 Å². The number of fused-ring (bicyclic) bond motifs is 1. The molecule has 2 heterocycles. The second-order valence-electron chi connectivity index (χ2n) is 6.24. The highest BCUT2D eigenvalue weighted by Gasteiger charge is 2.31. The van der Waals surface area contributed by atoms with Crippen molar-refractivity contribution in [1.82, 2.24) is 14.8 Å². The summed E-state index contributed by atoms with van der Waals surface area (Å²) >= 11 is 0. The van der Waals surface area contributed by atoms with Gasteiger partial charge in [0.2, 0.25) is 0 Å². The van der Waals surface area contributed by atoms with E-state index < -0.39 is 9.73 Å². The Morgan fingerprint density at radius 1 is 1.32 bits per heavy atom. The molecule has 1 saturated carbocycles. The first kappa shape index (κ1) is 16.0. The molecule has 7 heteroatoms. The van der Waals surface area contributed by atoms with Gasteiger partial charge >= 0.3 is 0 Å². The van der Waals surface area contributed by atoms with Gasteiger partial charge in [-0.1, -0.05) is 6.42 Å². The predicted molar refractivity (Wildman–Crippen MR) is 96.0 cm³/mol. The van der Waals surface area contributed by atoms with Crippen LogP contribution in [0.4, 0.5) is 0 Å². The number of carbonyl (C=O) groups is 1. The molecule has 0 bridgehead atoms. The lowest BCUT2D eigenvalue weighted by Crippen LogP contribution is -2.29. The zero-order chi connectivity index (χ0) is 17.4. The van der Waals surface area contributed by atoms with Crippen molar-refractivity contribution in [2.75, 3.05) is 0 Å². The van der Waals surface area contributed by atoms with Gasteiger partial charge in [-0.05, 0) is 43.2 Å². The number of pyridine rings is 1. The SMILES string of the molecule is CC(=O)N=S(=O)(c1ccc2nn(-c3cccnc3)cc2c1)C1CCC1. The minimum atomic E-state index is -2.73. The van der Waals surface area contributed by atoms with E-state index >= 15 is 0 Å². The second-order valence-corrected chi connectivity index (χ2v) is 8.70. The maximum Gasteiger partial charge on any atom is 0.250 e. The van der Waals surface area contributed by atoms with Crippen LogP contribution in [0.3, 0.4) is 0 Å². The largest absolute Gasteiger partial charge is 0.272 e. The smallest absolute Gasteiger partial charge is 0.250 e. The average Bonchev–Trinajstić information content (AvgIpc) is 2.96. The van der Waals surface area contributed by atoms with E-state index in [1.165, 1.54) is 6.92 Å². The zero-order valence-corrected chi connectivity index (χ0v) is 14.6. The van der Waals surface area contributed by atoms with E-state index in [2.05, 4.69) is 14.4 Å². The van der Waals surface area contributed by atoms with Crippen LogP contribution in [-0.2, 0) is 14.5 Å². The van der Waals surface area contributed by atoms with Crippen molar-refractivity contribution in [3.63, 3.8) is 0 Å². The summed E-state index contributed by atoms with van der Waals surface area (Å²) in [4.78, 5) is 16.3. The van der Waals surface area contributed by atoms with Crippen LogP contribution in [0.1, 0.15) is 26.2 Å². The molecule has 2 aromatic heterocycles. The lowest BCUT2D eigenvalue weighted by Gasteiger charge is -2.28. The third-order valence-electron chi connectivity index (χ3n) is 4.49. The summed E-state index contributed by atoms with van der Waals surface area (Å²) in [7, 11) is -2.73. The van der Waals surface area contributed by atoms with Gasteiger partial charge in [0.15, 0.2) is 0 Å². The monoisotopic (exact) mass is 354 g/mol. The van der Waals surface area contributed by atoms with Gasteiger partial charge in [0.25, 0.3) is 5.91 Å². The minimum Gasteiger partial charge on any atom is -0.272 e. The summed E-state index contributed by atoms with van der Waals surface area (Å²) in [6.07, 6.45) is 8.06. The number of nitrogens with zero attached hydrogens (tertiary/aromatic N) is 4. The molecule has 0 aliphatic heterocycles. The van der Waals surface area contributed by atoms with Crippen molar-refractivity contribution in [3.05, 3.63) is 48.9 Å². The van der Waals surface area contributed by atoms with Crippen LogP contribution >= 0.6 is 0 Å². The summed E-state index contributed by atoms with van der Waals surface area (Å²) in [5.41, 5.74) is 1.65. The Morgan fingerprint density at radius 3 is 2.80 bits per heavy atom. The Labute approximate surface area is 146 Å². The lowest BCUT2D eigenvalue weighted by atomic mass is 10.00. The van der Waals surface area contributed by atoms with E-state index in [4.69, 9.17) is 0 Å². The Kier molecular flexibility index (Phi) is 3.88. The van der Waals surface area contributed by atoms with Crippen molar-refractivity contribution >= 4 is 26.5 Å². The van der Waals surface area contributed by atoms with Crippen LogP contribution in [0, 0.1) is 0 Å². The van der Waals surface area contributed by atoms with E-state index in [1.807, 2.05) is 30.5 Å². The molecule has 3 aromatic rings. The van der Waals surface area contributed by atoms with E-state index in [9.17, 15) is 9.00 Å². The summed E-state index contributed by atoms with van der Waals surface area (Å²) in [5, 5.41) is 5.36. The highest BCUT2D eigenvalue weighted by atomic mass is 32.2. The molecule has 0 N–H and O–H groups in total. The van der Waals surface area contributed by atoms with Gasteiger partial charge in [-0.15, -0.1) is 0 Å². The molecule has 6 nitrogen and oxygen atoms in total. The molecule has 1 aliphatic carbocycles. The molecule has 128 valence electrons. The fourth-order valence-electron chi connectivity index (χ4n) is 3.01. The quantitative estimate of drug-likeness (QED) is 0.723. The molecular formula is C18H18N4O2S. The third-order valence-corrected chi connectivity index (χ3v) is 7.32. The van der Waals surface area contributed by atoms with Crippen molar-refractivity contribution in [1.29, 1.82) is 0 Å². The highest BCUT2D eigenvalue weighted by molar-refractivity contribution is 7.94. The van der Waals surface area contributed by atoms with Crippen molar-refractivity contribution in [2.24, 2.45) is 4.36 Å². The number of rotatable bonds is 3. The Balaban J connectivity index is 1.83. The van der Waals surface area contributed by atoms with E-state index in [0.29, 0.717) is 4.90 Å². The normalized spacial score (nSPS) is 17.0. The van der Waals surface area contributed by atoms with Gasteiger partial charge in [-0.3, -0.25) is 9.78 Å². The summed E-state index contributed by atoms with van der Waals surface area (Å²) in [6.45, 7) is 1.36. The molecule has 25 heavy (non-hydrogen) atoms. The van der Waals surface area contributed by atoms with Crippen LogP contribution in [0.5, 0.6) is 0 Å². The Hall–Kier alpha value is -2.54. The number of carbonyl (C=O) groups excluding carboxylic acids is 1. The molecule has 0 radical (unpaired) electrons. The molecular weight excluding hydrogens is 336 g/mol. The number of aromatic nitrogens is 3. The number of benzene rings is 1. The Bertz CT molecular complexity index is 1060. The second kappa shape index (κ2) is 6.07. The molecule has 0 spiro atoms. The summed E-state index contributed by atoms with van der Waals surface area (Å²) < 4.78 is 19.2. The number of hydrogen-bond donors (Lipinski definition) is 0. The molecule has 1 unspecified atom stereocenters. The fourth-order valence-corrected chi connectivity index (χ4v) is 5.56. The topological polar surface area (TPSA) is 77.2 Å². The van der Waals surface area contributed by atoms with Gasteiger partial charge in [-0.2, -0.15) is 9.46 Å². The number of amides is 1. The maximum absolute atomic E-state index is 13.5. The van der Waals surface area contributed by atoms with Crippen LogP contribution in [0.25, 0.3) is 16.6 Å². The van der Waals surface area contributed by atoms with E-state index in [0.717, 1.165) is 35.9 Å². The third kappa shape index (κ3) is 2.84. The molecule has 1 amide bonds. The summed E-state index contributed by atoms with van der Waals surface area (Å²) in [5.74, 6) is -0.386. The van der Waals surface area contributed by atoms with E-state index in [-0.39, 0.29) is 11.2 Å². The first-order chi connectivity index (χ1) is 12.1. The predicted octanol–water partition coefficient (Wildman–Crippen LogP) is 3.35. The molecule has 1 aromatic carbocycles. The lowest BCUT2D eigenvalue weighted by molar-refractivity contribution is -0.115. The van der Waals surface area contributed by atoms with Crippen LogP contribution in [-0.4, -0.2) is 30.1 Å². The molecule has 1 fully saturated rings. The van der Waals surface area contributed by atoms with Gasteiger partial charge in [0.1, 0.15) is 0 Å². The summed E-state index contributed by atoms with van der Waals surface area (Å²) in [6, 6.07) is 9.24. The van der Waals surface area contributed by atoms with Gasteiger partial charge < -0.3 is 0 Å². The minimum absolute atomic E-state index is 0.0396. The van der Waals surface area contributed by atoms with Crippen molar-refractivity contribution in [2.45, 2.75) is 36.3 Å². The fraction of sp³-hybridized carbons (Fsp3) is 0.278. The van der Waals surface area contributed by atoms with Crippen LogP contribution < -0.4 is 0 Å². The highest BCUT2D eigenvalue weighted by Crippen LogP contribution is 2.34. The molecule has 1 aliphatic rings. The van der Waals surface area contributed by atoms with Gasteiger partial charge in [0.05, 0.1) is 27.1 Å². The maximum atomic E-state index is 13.5. The van der Waals surface area contributed by atoms with Crippen molar-refractivity contribution < 1.29 is 9.00 Å². The van der Waals surface area contributed by atoms with Gasteiger partial charge in [-0.25, -0.2) is 8.89 Å². The Morgan fingerprint density at radius 2 is 2.16 bits per heavy atom. The molecule has 1 atom stereocenters. The first-order valence-electron chi connectivity index (χ1n) is 8.23. The number of hydrogen-bond acceptors (Lipinski definition) is 4. The average molecular weight is 354 g/mol. The first-order valence-corrected chi connectivity index (χ1v) is 9.80. The van der Waals surface area contributed by atoms with E-state index in [1.54, 1.807) is 23.1 Å². The van der Waals surface area contributed by atoms with Gasteiger partial charge in [0, 0.05) is 34.8 Å².